The maximum atomic E-state index is 12.6. The number of nitrogens with two attached hydrogens (primary N) is 1. The lowest BCUT2D eigenvalue weighted by Crippen LogP contribution is -2.04. The molecule has 0 aliphatic rings. The van der Waals surface area contributed by atoms with E-state index in [1.807, 2.05) is 0 Å². The molecular weight excluding hydrogens is 263 g/mol. The van der Waals surface area contributed by atoms with Gasteiger partial charge in [0.15, 0.2) is 5.16 Å². The molecule has 0 fully saturated rings. The minimum Gasteiger partial charge on any atom is -0.330 e. The third-order valence-corrected chi connectivity index (χ3v) is 3.58. The number of aryl methyl sites for hydroxylation is 1. The molecule has 0 aliphatic heterocycles. The first-order valence-electron chi connectivity index (χ1n) is 5.30. The predicted molar refractivity (Wildman–Crippen MR) is 65.5 cm³/mol. The zero-order valence-corrected chi connectivity index (χ0v) is 10.5. The van der Waals surface area contributed by atoms with Crippen LogP contribution in [0.1, 0.15) is 5.56 Å². The molecule has 2 N–H and O–H groups in total. The van der Waals surface area contributed by atoms with Crippen LogP contribution in [0.25, 0.3) is 11.0 Å². The van der Waals surface area contributed by atoms with Crippen molar-refractivity contribution in [1.29, 1.82) is 0 Å². The summed E-state index contributed by atoms with van der Waals surface area (Å²) in [6, 6.07) is 3.58. The van der Waals surface area contributed by atoms with Crippen molar-refractivity contribution in [3.63, 3.8) is 0 Å². The molecule has 1 heterocycles. The van der Waals surface area contributed by atoms with Crippen LogP contribution in [0, 0.1) is 0 Å². The highest BCUT2D eigenvalue weighted by atomic mass is 32.2. The molecule has 0 amide bonds. The molecule has 18 heavy (non-hydrogen) atoms. The SMILES string of the molecule is Cn1c(SCCN)nc2cc(C(F)(F)F)ccc21. The van der Waals surface area contributed by atoms with E-state index in [9.17, 15) is 13.2 Å². The van der Waals surface area contributed by atoms with Crippen molar-refractivity contribution < 1.29 is 13.2 Å². The molecule has 0 aliphatic carbocycles. The minimum atomic E-state index is -4.34. The molecule has 1 aromatic carbocycles. The van der Waals surface area contributed by atoms with Gasteiger partial charge < -0.3 is 10.3 Å². The third kappa shape index (κ3) is 2.46. The topological polar surface area (TPSA) is 43.8 Å². The summed E-state index contributed by atoms with van der Waals surface area (Å²) in [5.41, 5.74) is 5.75. The van der Waals surface area contributed by atoms with E-state index in [1.165, 1.54) is 17.8 Å². The maximum absolute atomic E-state index is 12.6. The van der Waals surface area contributed by atoms with E-state index in [0.29, 0.717) is 28.5 Å². The number of imidazole rings is 1. The fourth-order valence-electron chi connectivity index (χ4n) is 1.63. The Morgan fingerprint density at radius 2 is 2.11 bits per heavy atom. The fraction of sp³-hybridized carbons (Fsp3) is 0.364. The van der Waals surface area contributed by atoms with Gasteiger partial charge >= 0.3 is 6.18 Å². The van der Waals surface area contributed by atoms with Crippen molar-refractivity contribution in [3.8, 4) is 0 Å². The Balaban J connectivity index is 2.45. The van der Waals surface area contributed by atoms with Gasteiger partial charge in [-0.3, -0.25) is 0 Å². The van der Waals surface area contributed by atoms with E-state index in [4.69, 9.17) is 5.73 Å². The predicted octanol–water partition coefficient (Wildman–Crippen LogP) is 2.64. The van der Waals surface area contributed by atoms with E-state index in [-0.39, 0.29) is 0 Å². The molecule has 0 atom stereocenters. The third-order valence-electron chi connectivity index (χ3n) is 2.52. The van der Waals surface area contributed by atoms with Gasteiger partial charge in [0.2, 0.25) is 0 Å². The maximum Gasteiger partial charge on any atom is 0.416 e. The van der Waals surface area contributed by atoms with Crippen molar-refractivity contribution in [2.45, 2.75) is 11.3 Å². The minimum absolute atomic E-state index is 0.354. The Bertz CT molecular complexity index is 562. The van der Waals surface area contributed by atoms with E-state index < -0.39 is 11.7 Å². The molecule has 0 saturated heterocycles. The van der Waals surface area contributed by atoms with Crippen molar-refractivity contribution in [2.75, 3.05) is 12.3 Å². The van der Waals surface area contributed by atoms with Crippen LogP contribution in [0.5, 0.6) is 0 Å². The van der Waals surface area contributed by atoms with Gasteiger partial charge in [0.1, 0.15) is 0 Å². The molecule has 2 aromatic rings. The fourth-order valence-corrected chi connectivity index (χ4v) is 2.39. The number of aromatic nitrogens is 2. The summed E-state index contributed by atoms with van der Waals surface area (Å²) in [4.78, 5) is 4.19. The second-order valence-electron chi connectivity index (χ2n) is 3.79. The largest absolute Gasteiger partial charge is 0.416 e. The molecule has 0 spiro atoms. The molecule has 1 aromatic heterocycles. The highest BCUT2D eigenvalue weighted by molar-refractivity contribution is 7.99. The van der Waals surface area contributed by atoms with E-state index in [1.54, 1.807) is 11.6 Å². The van der Waals surface area contributed by atoms with Crippen LogP contribution in [0.4, 0.5) is 13.2 Å². The van der Waals surface area contributed by atoms with E-state index in [2.05, 4.69) is 4.98 Å². The van der Waals surface area contributed by atoms with Gasteiger partial charge in [-0.1, -0.05) is 11.8 Å². The van der Waals surface area contributed by atoms with Crippen LogP contribution in [0.3, 0.4) is 0 Å². The molecular formula is C11H12F3N3S. The molecule has 0 radical (unpaired) electrons. The van der Waals surface area contributed by atoms with Gasteiger partial charge in [0.25, 0.3) is 0 Å². The molecule has 0 saturated carbocycles. The number of fused-ring (bicyclic) bond motifs is 1. The van der Waals surface area contributed by atoms with Crippen molar-refractivity contribution in [2.24, 2.45) is 12.8 Å². The first-order chi connectivity index (χ1) is 8.43. The summed E-state index contributed by atoms with van der Waals surface area (Å²) in [7, 11) is 1.78. The lowest BCUT2D eigenvalue weighted by Gasteiger charge is -2.05. The number of halogens is 3. The van der Waals surface area contributed by atoms with Crippen molar-refractivity contribution in [3.05, 3.63) is 23.8 Å². The van der Waals surface area contributed by atoms with Crippen LogP contribution >= 0.6 is 11.8 Å². The summed E-state index contributed by atoms with van der Waals surface area (Å²) in [6.07, 6.45) is -4.34. The number of rotatable bonds is 3. The van der Waals surface area contributed by atoms with Gasteiger partial charge in [-0.15, -0.1) is 0 Å². The highest BCUT2D eigenvalue weighted by Crippen LogP contribution is 2.32. The summed E-state index contributed by atoms with van der Waals surface area (Å²) in [6.45, 7) is 0.502. The number of benzene rings is 1. The zero-order chi connectivity index (χ0) is 13.3. The lowest BCUT2D eigenvalue weighted by molar-refractivity contribution is -0.137. The molecule has 2 rings (SSSR count). The van der Waals surface area contributed by atoms with Crippen molar-refractivity contribution >= 4 is 22.8 Å². The van der Waals surface area contributed by atoms with Crippen LogP contribution in [-0.4, -0.2) is 21.8 Å². The first-order valence-corrected chi connectivity index (χ1v) is 6.28. The summed E-state index contributed by atoms with van der Waals surface area (Å²) >= 11 is 1.43. The number of hydrogen-bond acceptors (Lipinski definition) is 3. The van der Waals surface area contributed by atoms with Gasteiger partial charge in [-0.05, 0) is 18.2 Å². The number of hydrogen-bond donors (Lipinski definition) is 1. The summed E-state index contributed by atoms with van der Waals surface area (Å²) in [5, 5.41) is 0.676. The molecule has 0 unspecified atom stereocenters. The second kappa shape index (κ2) is 4.81. The number of thioether (sulfide) groups is 1. The molecule has 98 valence electrons. The monoisotopic (exact) mass is 275 g/mol. The second-order valence-corrected chi connectivity index (χ2v) is 4.85. The van der Waals surface area contributed by atoms with Gasteiger partial charge in [0, 0.05) is 19.3 Å². The average molecular weight is 275 g/mol. The van der Waals surface area contributed by atoms with E-state index in [0.717, 1.165) is 12.1 Å². The Morgan fingerprint density at radius 1 is 1.39 bits per heavy atom. The van der Waals surface area contributed by atoms with Crippen LogP contribution < -0.4 is 5.73 Å². The number of alkyl halides is 3. The Kier molecular flexibility index (Phi) is 3.54. The Hall–Kier alpha value is -1.21. The van der Waals surface area contributed by atoms with Crippen LogP contribution in [0.15, 0.2) is 23.4 Å². The summed E-state index contributed by atoms with van der Waals surface area (Å²) < 4.78 is 39.5. The average Bonchev–Trinajstić information content (AvgIpc) is 2.62. The Labute approximate surface area is 106 Å². The Morgan fingerprint density at radius 3 is 2.72 bits per heavy atom. The highest BCUT2D eigenvalue weighted by Gasteiger charge is 2.30. The van der Waals surface area contributed by atoms with Crippen molar-refractivity contribution in [1.82, 2.24) is 9.55 Å². The molecule has 0 bridgehead atoms. The number of nitrogens with zero attached hydrogens (tertiary/aromatic N) is 2. The quantitative estimate of drug-likeness (QED) is 0.876. The van der Waals surface area contributed by atoms with Crippen LogP contribution in [-0.2, 0) is 13.2 Å². The molecule has 3 nitrogen and oxygen atoms in total. The zero-order valence-electron chi connectivity index (χ0n) is 9.66. The van der Waals surface area contributed by atoms with Gasteiger partial charge in [-0.25, -0.2) is 4.98 Å². The van der Waals surface area contributed by atoms with Gasteiger partial charge in [-0.2, -0.15) is 13.2 Å². The lowest BCUT2D eigenvalue weighted by atomic mass is 10.2. The van der Waals surface area contributed by atoms with E-state index >= 15 is 0 Å². The molecule has 7 heteroatoms. The smallest absolute Gasteiger partial charge is 0.330 e. The normalized spacial score (nSPS) is 12.3. The first kappa shape index (κ1) is 13.2. The standard InChI is InChI=1S/C11H12F3N3S/c1-17-9-3-2-7(11(12,13)14)6-8(9)16-10(17)18-5-4-15/h2-3,6H,4-5,15H2,1H3. The van der Waals surface area contributed by atoms with Crippen LogP contribution in [0.2, 0.25) is 0 Å². The van der Waals surface area contributed by atoms with Gasteiger partial charge in [0.05, 0.1) is 16.6 Å². The summed E-state index contributed by atoms with van der Waals surface area (Å²) in [5.74, 6) is 0.684.